The molecule has 4 nitrogen and oxygen atoms in total. The summed E-state index contributed by atoms with van der Waals surface area (Å²) in [4.78, 5) is 26.5. The molecule has 0 aromatic rings. The summed E-state index contributed by atoms with van der Waals surface area (Å²) in [6.45, 7) is 11.1. The third-order valence-corrected chi connectivity index (χ3v) is 4.10. The quantitative estimate of drug-likeness (QED) is 0.803. The normalized spacial score (nSPS) is 24.6. The lowest BCUT2D eigenvalue weighted by molar-refractivity contribution is -0.151. The van der Waals surface area contributed by atoms with Gasteiger partial charge in [0.25, 0.3) is 0 Å². The SMILES string of the molecule is CCCC1NC(=O)C(CC)N(CC(C)(C)CC)C1=O. The topological polar surface area (TPSA) is 49.4 Å². The molecule has 0 aliphatic carbocycles. The molecule has 0 aromatic heterocycles. The van der Waals surface area contributed by atoms with Gasteiger partial charge >= 0.3 is 0 Å². The molecule has 1 fully saturated rings. The molecule has 1 aliphatic heterocycles. The van der Waals surface area contributed by atoms with Crippen molar-refractivity contribution < 1.29 is 9.59 Å². The van der Waals surface area contributed by atoms with Gasteiger partial charge in [-0.15, -0.1) is 0 Å². The van der Waals surface area contributed by atoms with E-state index >= 15 is 0 Å². The Hall–Kier alpha value is -1.06. The second-order valence-corrected chi connectivity index (χ2v) is 6.26. The van der Waals surface area contributed by atoms with Gasteiger partial charge in [-0.3, -0.25) is 9.59 Å². The number of amides is 2. The molecular formula is C15H28N2O2. The van der Waals surface area contributed by atoms with E-state index in [9.17, 15) is 9.59 Å². The minimum atomic E-state index is -0.326. The lowest BCUT2D eigenvalue weighted by Gasteiger charge is -2.42. The standard InChI is InChI=1S/C15H28N2O2/c1-6-9-11-14(19)17(10-15(4,5)8-3)12(7-2)13(18)16-11/h11-12H,6-10H2,1-5H3,(H,16,18). The molecule has 1 saturated heterocycles. The number of piperazine rings is 1. The average molecular weight is 268 g/mol. The van der Waals surface area contributed by atoms with Crippen LogP contribution in [0.25, 0.3) is 0 Å². The number of nitrogens with zero attached hydrogens (tertiary/aromatic N) is 1. The third-order valence-electron chi connectivity index (χ3n) is 4.10. The predicted molar refractivity (Wildman–Crippen MR) is 76.7 cm³/mol. The van der Waals surface area contributed by atoms with Crippen LogP contribution in [0.3, 0.4) is 0 Å². The van der Waals surface area contributed by atoms with Crippen molar-refractivity contribution in [3.05, 3.63) is 0 Å². The molecule has 1 rings (SSSR count). The fourth-order valence-corrected chi connectivity index (χ4v) is 2.48. The van der Waals surface area contributed by atoms with Crippen molar-refractivity contribution >= 4 is 11.8 Å². The molecule has 2 amide bonds. The highest BCUT2D eigenvalue weighted by atomic mass is 16.2. The summed E-state index contributed by atoms with van der Waals surface area (Å²) < 4.78 is 0. The predicted octanol–water partition coefficient (Wildman–Crippen LogP) is 2.33. The van der Waals surface area contributed by atoms with E-state index in [1.165, 1.54) is 0 Å². The van der Waals surface area contributed by atoms with Crippen molar-refractivity contribution in [3.8, 4) is 0 Å². The van der Waals surface area contributed by atoms with E-state index in [1.807, 2.05) is 18.7 Å². The second-order valence-electron chi connectivity index (χ2n) is 6.26. The minimum Gasteiger partial charge on any atom is -0.343 e. The van der Waals surface area contributed by atoms with Gasteiger partial charge in [-0.2, -0.15) is 0 Å². The van der Waals surface area contributed by atoms with Crippen LogP contribution in [0.1, 0.15) is 60.3 Å². The fourth-order valence-electron chi connectivity index (χ4n) is 2.48. The zero-order valence-corrected chi connectivity index (χ0v) is 13.0. The molecular weight excluding hydrogens is 240 g/mol. The molecule has 2 atom stereocenters. The summed E-state index contributed by atoms with van der Waals surface area (Å²) in [5.41, 5.74) is 0.0530. The molecule has 2 unspecified atom stereocenters. The lowest BCUT2D eigenvalue weighted by atomic mass is 9.87. The van der Waals surface area contributed by atoms with Crippen molar-refractivity contribution in [2.24, 2.45) is 5.41 Å². The molecule has 0 radical (unpaired) electrons. The Kier molecular flexibility index (Phi) is 5.39. The maximum atomic E-state index is 12.5. The van der Waals surface area contributed by atoms with Crippen LogP contribution in [0.15, 0.2) is 0 Å². The van der Waals surface area contributed by atoms with Gasteiger partial charge in [0.1, 0.15) is 12.1 Å². The molecule has 1 aliphatic rings. The molecule has 0 saturated carbocycles. The first-order valence-corrected chi connectivity index (χ1v) is 7.47. The first-order valence-electron chi connectivity index (χ1n) is 7.47. The van der Waals surface area contributed by atoms with E-state index in [4.69, 9.17) is 0 Å². The van der Waals surface area contributed by atoms with Crippen LogP contribution in [0, 0.1) is 5.41 Å². The summed E-state index contributed by atoms with van der Waals surface area (Å²) >= 11 is 0. The Bertz CT molecular complexity index is 339. The summed E-state index contributed by atoms with van der Waals surface area (Å²) in [5.74, 6) is 0.0993. The van der Waals surface area contributed by atoms with Gasteiger partial charge in [0.2, 0.25) is 11.8 Å². The third kappa shape index (κ3) is 3.71. The summed E-state index contributed by atoms with van der Waals surface area (Å²) in [5, 5.41) is 2.87. The zero-order valence-electron chi connectivity index (χ0n) is 13.0. The van der Waals surface area contributed by atoms with Crippen LogP contribution in [0.2, 0.25) is 0 Å². The molecule has 1 heterocycles. The van der Waals surface area contributed by atoms with E-state index in [0.717, 1.165) is 19.3 Å². The zero-order chi connectivity index (χ0) is 14.6. The van der Waals surface area contributed by atoms with Crippen molar-refractivity contribution in [1.29, 1.82) is 0 Å². The Morgan fingerprint density at radius 1 is 1.21 bits per heavy atom. The van der Waals surface area contributed by atoms with Crippen LogP contribution < -0.4 is 5.32 Å². The van der Waals surface area contributed by atoms with Gasteiger partial charge < -0.3 is 10.2 Å². The molecule has 110 valence electrons. The number of hydrogen-bond donors (Lipinski definition) is 1. The van der Waals surface area contributed by atoms with Crippen molar-refractivity contribution in [2.75, 3.05) is 6.54 Å². The Morgan fingerprint density at radius 3 is 2.32 bits per heavy atom. The Balaban J connectivity index is 2.92. The Morgan fingerprint density at radius 2 is 1.84 bits per heavy atom. The fraction of sp³-hybridized carbons (Fsp3) is 0.867. The number of carbonyl (C=O) groups is 2. The van der Waals surface area contributed by atoms with Gasteiger partial charge in [0.05, 0.1) is 0 Å². The second kappa shape index (κ2) is 6.40. The van der Waals surface area contributed by atoms with Gasteiger partial charge in [0.15, 0.2) is 0 Å². The van der Waals surface area contributed by atoms with Gasteiger partial charge in [0, 0.05) is 6.54 Å². The highest BCUT2D eigenvalue weighted by molar-refractivity contribution is 5.96. The van der Waals surface area contributed by atoms with Crippen LogP contribution in [-0.4, -0.2) is 35.3 Å². The average Bonchev–Trinajstić information content (AvgIpc) is 2.35. The summed E-state index contributed by atoms with van der Waals surface area (Å²) in [6.07, 6.45) is 3.30. The number of nitrogens with one attached hydrogen (secondary N) is 1. The first kappa shape index (κ1) is 16.0. The highest BCUT2D eigenvalue weighted by Crippen LogP contribution is 2.25. The number of carbonyl (C=O) groups excluding carboxylic acids is 2. The number of hydrogen-bond acceptors (Lipinski definition) is 2. The van der Waals surface area contributed by atoms with Gasteiger partial charge in [-0.25, -0.2) is 0 Å². The van der Waals surface area contributed by atoms with Gasteiger partial charge in [-0.05, 0) is 24.7 Å². The van der Waals surface area contributed by atoms with E-state index in [1.54, 1.807) is 0 Å². The van der Waals surface area contributed by atoms with Crippen molar-refractivity contribution in [3.63, 3.8) is 0 Å². The van der Waals surface area contributed by atoms with Crippen LogP contribution in [0.5, 0.6) is 0 Å². The van der Waals surface area contributed by atoms with E-state index in [2.05, 4.69) is 26.1 Å². The molecule has 4 heteroatoms. The van der Waals surface area contributed by atoms with Gasteiger partial charge in [-0.1, -0.05) is 41.0 Å². The van der Waals surface area contributed by atoms with Crippen molar-refractivity contribution in [2.45, 2.75) is 72.4 Å². The van der Waals surface area contributed by atoms with E-state index in [-0.39, 0.29) is 29.3 Å². The first-order chi connectivity index (χ1) is 8.86. The molecule has 19 heavy (non-hydrogen) atoms. The van der Waals surface area contributed by atoms with E-state index < -0.39 is 0 Å². The maximum absolute atomic E-state index is 12.5. The largest absolute Gasteiger partial charge is 0.343 e. The maximum Gasteiger partial charge on any atom is 0.245 e. The highest BCUT2D eigenvalue weighted by Gasteiger charge is 2.40. The Labute approximate surface area is 116 Å². The van der Waals surface area contributed by atoms with E-state index in [0.29, 0.717) is 13.0 Å². The van der Waals surface area contributed by atoms with Crippen molar-refractivity contribution in [1.82, 2.24) is 10.2 Å². The minimum absolute atomic E-state index is 0.00690. The smallest absolute Gasteiger partial charge is 0.245 e. The molecule has 1 N–H and O–H groups in total. The lowest BCUT2D eigenvalue weighted by Crippen LogP contribution is -2.64. The molecule has 0 bridgehead atoms. The molecule has 0 aromatic carbocycles. The number of rotatable bonds is 6. The summed E-state index contributed by atoms with van der Waals surface area (Å²) in [7, 11) is 0. The molecule has 0 spiro atoms. The summed E-state index contributed by atoms with van der Waals surface area (Å²) in [6, 6.07) is -0.626. The van der Waals surface area contributed by atoms with Crippen LogP contribution >= 0.6 is 0 Å². The monoisotopic (exact) mass is 268 g/mol. The van der Waals surface area contributed by atoms with Crippen LogP contribution in [-0.2, 0) is 9.59 Å². The van der Waals surface area contributed by atoms with Crippen LogP contribution in [0.4, 0.5) is 0 Å².